The summed E-state index contributed by atoms with van der Waals surface area (Å²) >= 11 is 0. The van der Waals surface area contributed by atoms with Crippen LogP contribution in [0.3, 0.4) is 0 Å². The molecule has 1 aliphatic rings. The Balaban J connectivity index is 1.54. The van der Waals surface area contributed by atoms with E-state index in [2.05, 4.69) is 6.07 Å². The Bertz CT molecular complexity index is 1340. The number of esters is 2. The fraction of sp³-hybridized carbons (Fsp3) is 0.148. The smallest absolute Gasteiger partial charge is 0.349 e. The van der Waals surface area contributed by atoms with Gasteiger partial charge in [0.25, 0.3) is 0 Å². The van der Waals surface area contributed by atoms with Gasteiger partial charge in [0.1, 0.15) is 28.9 Å². The molecule has 0 bridgehead atoms. The van der Waals surface area contributed by atoms with Crippen LogP contribution in [-0.4, -0.2) is 25.7 Å². The maximum absolute atomic E-state index is 12.3. The van der Waals surface area contributed by atoms with Crippen LogP contribution in [0.15, 0.2) is 78.2 Å². The molecule has 3 aromatic carbocycles. The van der Waals surface area contributed by atoms with E-state index in [0.29, 0.717) is 22.6 Å². The summed E-state index contributed by atoms with van der Waals surface area (Å²) in [7, 11) is 1.31. The largest absolute Gasteiger partial charge is 0.482 e. The summed E-state index contributed by atoms with van der Waals surface area (Å²) < 4.78 is 21.3. The summed E-state index contributed by atoms with van der Waals surface area (Å²) in [6.45, 7) is 1.69. The number of nitrogens with zero attached hydrogens (tertiary/aromatic N) is 1. The standard InChI is InChI=1S/C27H22N2O6/c1-16-3-9-19(10-4-16)33-15-24(30)34-20-11-12-21-23(13-20)35-26(29)22(14-28)25(21)17-5-7-18(8-6-17)27(31)32-2/h3-13,25H,15,29H2,1-2H3. The van der Waals surface area contributed by atoms with Crippen molar-refractivity contribution in [1.29, 1.82) is 5.26 Å². The average Bonchev–Trinajstić information content (AvgIpc) is 2.87. The predicted molar refractivity (Wildman–Crippen MR) is 126 cm³/mol. The highest BCUT2D eigenvalue weighted by atomic mass is 16.6. The molecular formula is C27H22N2O6. The first-order valence-electron chi connectivity index (χ1n) is 10.7. The number of aryl methyl sites for hydroxylation is 1. The van der Waals surface area contributed by atoms with Crippen molar-refractivity contribution in [2.24, 2.45) is 5.73 Å². The molecule has 1 aliphatic heterocycles. The average molecular weight is 470 g/mol. The second-order valence-electron chi connectivity index (χ2n) is 7.81. The lowest BCUT2D eigenvalue weighted by Gasteiger charge is -2.26. The van der Waals surface area contributed by atoms with E-state index in [9.17, 15) is 14.9 Å². The van der Waals surface area contributed by atoms with Crippen molar-refractivity contribution in [1.82, 2.24) is 0 Å². The van der Waals surface area contributed by atoms with Crippen molar-refractivity contribution in [2.45, 2.75) is 12.8 Å². The molecule has 3 aromatic rings. The summed E-state index contributed by atoms with van der Waals surface area (Å²) in [6.07, 6.45) is 0. The molecule has 35 heavy (non-hydrogen) atoms. The van der Waals surface area contributed by atoms with Gasteiger partial charge in [-0.15, -0.1) is 0 Å². The lowest BCUT2D eigenvalue weighted by Crippen LogP contribution is -2.21. The van der Waals surface area contributed by atoms with Gasteiger partial charge in [-0.05, 0) is 42.8 Å². The van der Waals surface area contributed by atoms with Gasteiger partial charge in [0.2, 0.25) is 5.88 Å². The van der Waals surface area contributed by atoms with Crippen molar-refractivity contribution >= 4 is 11.9 Å². The maximum atomic E-state index is 12.3. The van der Waals surface area contributed by atoms with Gasteiger partial charge in [0.15, 0.2) is 6.61 Å². The van der Waals surface area contributed by atoms with Crippen LogP contribution in [0.4, 0.5) is 0 Å². The monoisotopic (exact) mass is 470 g/mol. The highest BCUT2D eigenvalue weighted by Crippen LogP contribution is 2.43. The number of rotatable bonds is 6. The number of hydrogen-bond donors (Lipinski definition) is 1. The third-order valence-corrected chi connectivity index (χ3v) is 5.47. The lowest BCUT2D eigenvalue weighted by atomic mass is 9.83. The normalized spacial score (nSPS) is 14.3. The molecule has 1 atom stereocenters. The second-order valence-corrected chi connectivity index (χ2v) is 7.81. The van der Waals surface area contributed by atoms with E-state index in [-0.39, 0.29) is 23.8 Å². The number of carbonyl (C=O) groups is 2. The molecule has 2 N–H and O–H groups in total. The summed E-state index contributed by atoms with van der Waals surface area (Å²) in [5.74, 6) is -0.458. The Hall–Kier alpha value is -4.77. The zero-order chi connectivity index (χ0) is 24.9. The summed E-state index contributed by atoms with van der Waals surface area (Å²) in [6, 6.07) is 21.0. The van der Waals surface area contributed by atoms with Gasteiger partial charge < -0.3 is 24.7 Å². The van der Waals surface area contributed by atoms with Crippen molar-refractivity contribution in [3.8, 4) is 23.3 Å². The highest BCUT2D eigenvalue weighted by molar-refractivity contribution is 5.89. The van der Waals surface area contributed by atoms with E-state index in [4.69, 9.17) is 24.7 Å². The molecule has 176 valence electrons. The molecule has 0 aliphatic carbocycles. The van der Waals surface area contributed by atoms with Gasteiger partial charge in [-0.2, -0.15) is 5.26 Å². The van der Waals surface area contributed by atoms with Gasteiger partial charge in [0.05, 0.1) is 18.6 Å². The first-order chi connectivity index (χ1) is 16.9. The minimum Gasteiger partial charge on any atom is -0.482 e. The van der Waals surface area contributed by atoms with Gasteiger partial charge in [-0.25, -0.2) is 9.59 Å². The number of methoxy groups -OCH3 is 1. The number of benzene rings is 3. The first-order valence-corrected chi connectivity index (χ1v) is 10.7. The molecule has 8 nitrogen and oxygen atoms in total. The van der Waals surface area contributed by atoms with Crippen LogP contribution < -0.4 is 19.9 Å². The van der Waals surface area contributed by atoms with Gasteiger partial charge >= 0.3 is 11.9 Å². The number of nitrogens with two attached hydrogens (primary N) is 1. The minimum absolute atomic E-state index is 0.0479. The van der Waals surface area contributed by atoms with Gasteiger partial charge in [-0.3, -0.25) is 0 Å². The Morgan fingerprint density at radius 2 is 1.71 bits per heavy atom. The second kappa shape index (κ2) is 10.0. The topological polar surface area (TPSA) is 121 Å². The molecule has 1 heterocycles. The number of carbonyl (C=O) groups excluding carboxylic acids is 2. The fourth-order valence-corrected chi connectivity index (χ4v) is 3.71. The van der Waals surface area contributed by atoms with Crippen LogP contribution >= 0.6 is 0 Å². The summed E-state index contributed by atoms with van der Waals surface area (Å²) in [5, 5.41) is 9.72. The summed E-state index contributed by atoms with van der Waals surface area (Å²) in [4.78, 5) is 24.0. The number of fused-ring (bicyclic) bond motifs is 1. The van der Waals surface area contributed by atoms with Crippen molar-refractivity contribution in [3.05, 3.63) is 100 Å². The van der Waals surface area contributed by atoms with E-state index in [0.717, 1.165) is 11.1 Å². The Labute approximate surface area is 202 Å². The molecular weight excluding hydrogens is 448 g/mol. The van der Waals surface area contributed by atoms with Crippen LogP contribution in [0, 0.1) is 18.3 Å². The number of nitriles is 1. The lowest BCUT2D eigenvalue weighted by molar-refractivity contribution is -0.136. The number of ether oxygens (including phenoxy) is 4. The molecule has 0 amide bonds. The zero-order valence-electron chi connectivity index (χ0n) is 19.1. The van der Waals surface area contributed by atoms with E-state index in [1.165, 1.54) is 13.2 Å². The van der Waals surface area contributed by atoms with E-state index >= 15 is 0 Å². The van der Waals surface area contributed by atoms with E-state index in [1.807, 2.05) is 19.1 Å². The first kappa shape index (κ1) is 23.4. The molecule has 4 rings (SSSR count). The van der Waals surface area contributed by atoms with Crippen molar-refractivity contribution in [2.75, 3.05) is 13.7 Å². The Morgan fingerprint density at radius 3 is 2.37 bits per heavy atom. The number of hydrogen-bond acceptors (Lipinski definition) is 8. The van der Waals surface area contributed by atoms with Crippen LogP contribution in [0.2, 0.25) is 0 Å². The summed E-state index contributed by atoms with van der Waals surface area (Å²) in [5.41, 5.74) is 9.14. The molecule has 0 aromatic heterocycles. The van der Waals surface area contributed by atoms with Crippen molar-refractivity contribution < 1.29 is 28.5 Å². The molecule has 0 radical (unpaired) electrons. The molecule has 1 unspecified atom stereocenters. The highest BCUT2D eigenvalue weighted by Gasteiger charge is 2.31. The van der Waals surface area contributed by atoms with E-state index < -0.39 is 17.9 Å². The third kappa shape index (κ3) is 5.09. The molecule has 0 fully saturated rings. The molecule has 0 saturated heterocycles. The SMILES string of the molecule is COC(=O)c1ccc(C2C(C#N)=C(N)Oc3cc(OC(=O)COc4ccc(C)cc4)ccc32)cc1. The Morgan fingerprint density at radius 1 is 1.03 bits per heavy atom. The third-order valence-electron chi connectivity index (χ3n) is 5.47. The van der Waals surface area contributed by atoms with Crippen LogP contribution in [0.1, 0.15) is 33.0 Å². The van der Waals surface area contributed by atoms with Crippen molar-refractivity contribution in [3.63, 3.8) is 0 Å². The fourth-order valence-electron chi connectivity index (χ4n) is 3.71. The molecule has 0 spiro atoms. The minimum atomic E-state index is -0.586. The number of allylic oxidation sites excluding steroid dienone is 1. The Kier molecular flexibility index (Phi) is 6.69. The van der Waals surface area contributed by atoms with Crippen LogP contribution in [0.5, 0.6) is 17.2 Å². The molecule has 8 heteroatoms. The molecule has 0 saturated carbocycles. The zero-order valence-corrected chi connectivity index (χ0v) is 19.1. The van der Waals surface area contributed by atoms with E-state index in [1.54, 1.807) is 48.5 Å². The van der Waals surface area contributed by atoms with Crippen LogP contribution in [-0.2, 0) is 9.53 Å². The van der Waals surface area contributed by atoms with Crippen LogP contribution in [0.25, 0.3) is 0 Å². The maximum Gasteiger partial charge on any atom is 0.349 e. The van der Waals surface area contributed by atoms with Gasteiger partial charge in [-0.1, -0.05) is 35.9 Å². The predicted octanol–water partition coefficient (Wildman–Crippen LogP) is 3.98. The quantitative estimate of drug-likeness (QED) is 0.424. The van der Waals surface area contributed by atoms with Gasteiger partial charge in [0, 0.05) is 11.6 Å².